The van der Waals surface area contributed by atoms with Crippen LogP contribution < -0.4 is 15.0 Å². The van der Waals surface area contributed by atoms with E-state index < -0.39 is 17.6 Å². The van der Waals surface area contributed by atoms with Gasteiger partial charge in [-0.25, -0.2) is 4.39 Å². The van der Waals surface area contributed by atoms with Gasteiger partial charge in [-0.3, -0.25) is 19.8 Å². The SMILES string of the molecule is O=C1NC(=S)N(c2ccc(Oc3ccccc3)cc2)C(=O)/C1=C/c1ccc(F)c(Br)c1. The number of para-hydroxylation sites is 1. The summed E-state index contributed by atoms with van der Waals surface area (Å²) in [5.41, 5.74) is 0.851. The number of rotatable bonds is 4. The zero-order chi connectivity index (χ0) is 22.0. The molecule has 8 heteroatoms. The molecule has 3 aromatic carbocycles. The van der Waals surface area contributed by atoms with Gasteiger partial charge in [0.1, 0.15) is 22.9 Å². The summed E-state index contributed by atoms with van der Waals surface area (Å²) in [6.07, 6.45) is 1.39. The lowest BCUT2D eigenvalue weighted by Gasteiger charge is -2.29. The fourth-order valence-corrected chi connectivity index (χ4v) is 3.63. The van der Waals surface area contributed by atoms with Crippen LogP contribution in [0, 0.1) is 5.82 Å². The summed E-state index contributed by atoms with van der Waals surface area (Å²) < 4.78 is 19.5. The van der Waals surface area contributed by atoms with Gasteiger partial charge in [-0.05, 0) is 88.3 Å². The number of hydrogen-bond donors (Lipinski definition) is 1. The summed E-state index contributed by atoms with van der Waals surface area (Å²) in [5.74, 6) is -0.368. The second-order valence-electron chi connectivity index (χ2n) is 6.54. The predicted octanol–water partition coefficient (Wildman–Crippen LogP) is 5.21. The summed E-state index contributed by atoms with van der Waals surface area (Å²) in [5, 5.41) is 2.50. The van der Waals surface area contributed by atoms with Crippen molar-refractivity contribution in [1.29, 1.82) is 0 Å². The number of carbonyl (C=O) groups excluding carboxylic acids is 2. The smallest absolute Gasteiger partial charge is 0.270 e. The minimum atomic E-state index is -0.615. The van der Waals surface area contributed by atoms with Gasteiger partial charge >= 0.3 is 0 Å². The molecule has 0 unspecified atom stereocenters. The largest absolute Gasteiger partial charge is 0.457 e. The monoisotopic (exact) mass is 496 g/mol. The van der Waals surface area contributed by atoms with E-state index in [9.17, 15) is 14.0 Å². The van der Waals surface area contributed by atoms with Crippen molar-refractivity contribution in [1.82, 2.24) is 5.32 Å². The van der Waals surface area contributed by atoms with Crippen LogP contribution in [-0.2, 0) is 9.59 Å². The number of thiocarbonyl (C=S) groups is 1. The van der Waals surface area contributed by atoms with Crippen molar-refractivity contribution in [2.24, 2.45) is 0 Å². The van der Waals surface area contributed by atoms with Gasteiger partial charge in [0.15, 0.2) is 5.11 Å². The number of benzene rings is 3. The Labute approximate surface area is 191 Å². The molecule has 0 aromatic heterocycles. The standard InChI is InChI=1S/C23H14BrFN2O3S/c24-19-13-14(6-11-20(19)25)12-18-21(28)26-23(31)27(22(18)29)15-7-9-17(10-8-15)30-16-4-2-1-3-5-16/h1-13H,(H,26,28,31)/b18-12+. The molecule has 3 aromatic rings. The van der Waals surface area contributed by atoms with Gasteiger partial charge < -0.3 is 4.74 Å². The molecule has 1 N–H and O–H groups in total. The molecule has 1 aliphatic rings. The van der Waals surface area contributed by atoms with Crippen LogP contribution in [0.3, 0.4) is 0 Å². The van der Waals surface area contributed by atoms with Crippen LogP contribution >= 0.6 is 28.1 Å². The summed E-state index contributed by atoms with van der Waals surface area (Å²) in [6, 6.07) is 20.2. The number of nitrogens with zero attached hydrogens (tertiary/aromatic N) is 1. The minimum Gasteiger partial charge on any atom is -0.457 e. The lowest BCUT2D eigenvalue weighted by Crippen LogP contribution is -2.54. The Bertz CT molecular complexity index is 1210. The highest BCUT2D eigenvalue weighted by Crippen LogP contribution is 2.27. The van der Waals surface area contributed by atoms with E-state index in [0.717, 1.165) is 0 Å². The highest BCUT2D eigenvalue weighted by Gasteiger charge is 2.34. The van der Waals surface area contributed by atoms with Gasteiger partial charge in [0.2, 0.25) is 0 Å². The van der Waals surface area contributed by atoms with Crippen molar-refractivity contribution in [3.63, 3.8) is 0 Å². The van der Waals surface area contributed by atoms with E-state index in [4.69, 9.17) is 17.0 Å². The molecule has 1 saturated heterocycles. The van der Waals surface area contributed by atoms with Crippen molar-refractivity contribution in [3.05, 3.63) is 94.2 Å². The summed E-state index contributed by atoms with van der Waals surface area (Å²) in [4.78, 5) is 26.7. The Morgan fingerprint density at radius 1 is 0.968 bits per heavy atom. The fourth-order valence-electron chi connectivity index (χ4n) is 2.95. The number of hydrogen-bond acceptors (Lipinski definition) is 4. The maximum Gasteiger partial charge on any atom is 0.270 e. The highest BCUT2D eigenvalue weighted by atomic mass is 79.9. The number of ether oxygens (including phenoxy) is 1. The van der Waals surface area contributed by atoms with E-state index in [1.165, 1.54) is 29.2 Å². The molecule has 0 aliphatic carbocycles. The Morgan fingerprint density at radius 2 is 1.65 bits per heavy atom. The van der Waals surface area contributed by atoms with Crippen LogP contribution in [0.1, 0.15) is 5.56 Å². The van der Waals surface area contributed by atoms with E-state index in [0.29, 0.717) is 22.7 Å². The third-order valence-electron chi connectivity index (χ3n) is 4.43. The molecule has 0 saturated carbocycles. The fraction of sp³-hybridized carbons (Fsp3) is 0. The Balaban J connectivity index is 1.61. The molecule has 2 amide bonds. The van der Waals surface area contributed by atoms with Gasteiger partial charge in [0.25, 0.3) is 11.8 Å². The van der Waals surface area contributed by atoms with Gasteiger partial charge in [0, 0.05) is 0 Å². The molecule has 31 heavy (non-hydrogen) atoms. The molecule has 0 spiro atoms. The number of halogens is 2. The zero-order valence-electron chi connectivity index (χ0n) is 15.8. The molecular formula is C23H14BrFN2O3S. The van der Waals surface area contributed by atoms with E-state index in [2.05, 4.69) is 21.2 Å². The highest BCUT2D eigenvalue weighted by molar-refractivity contribution is 9.10. The van der Waals surface area contributed by atoms with Crippen LogP contribution in [0.25, 0.3) is 6.08 Å². The molecule has 0 bridgehead atoms. The first-order valence-corrected chi connectivity index (χ1v) is 10.3. The number of nitrogens with one attached hydrogen (secondary N) is 1. The predicted molar refractivity (Wildman–Crippen MR) is 123 cm³/mol. The van der Waals surface area contributed by atoms with Crippen molar-refractivity contribution in [2.75, 3.05) is 4.90 Å². The third kappa shape index (κ3) is 4.55. The molecule has 1 aliphatic heterocycles. The molecule has 5 nitrogen and oxygen atoms in total. The molecule has 154 valence electrons. The topological polar surface area (TPSA) is 58.6 Å². The van der Waals surface area contributed by atoms with Gasteiger partial charge in [-0.15, -0.1) is 0 Å². The number of carbonyl (C=O) groups is 2. The Hall–Kier alpha value is -3.36. The van der Waals surface area contributed by atoms with Crippen molar-refractivity contribution in [2.45, 2.75) is 0 Å². The second-order valence-corrected chi connectivity index (χ2v) is 7.78. The maximum atomic E-state index is 13.5. The maximum absolute atomic E-state index is 13.5. The van der Waals surface area contributed by atoms with Gasteiger partial charge in [-0.1, -0.05) is 24.3 Å². The number of anilines is 1. The molecule has 1 heterocycles. The normalized spacial score (nSPS) is 15.2. The second kappa shape index (κ2) is 8.79. The minimum absolute atomic E-state index is 0.0239. The van der Waals surface area contributed by atoms with Crippen molar-refractivity contribution >= 4 is 56.8 Å². The van der Waals surface area contributed by atoms with Crippen LogP contribution in [-0.4, -0.2) is 16.9 Å². The van der Waals surface area contributed by atoms with Crippen molar-refractivity contribution < 1.29 is 18.7 Å². The van der Waals surface area contributed by atoms with Crippen molar-refractivity contribution in [3.8, 4) is 11.5 Å². The van der Waals surface area contributed by atoms with Gasteiger partial charge in [0.05, 0.1) is 10.2 Å². The first-order chi connectivity index (χ1) is 14.9. The lowest BCUT2D eigenvalue weighted by atomic mass is 10.1. The molecular weight excluding hydrogens is 483 g/mol. The van der Waals surface area contributed by atoms with Crippen LogP contribution in [0.15, 0.2) is 82.8 Å². The zero-order valence-corrected chi connectivity index (χ0v) is 18.2. The third-order valence-corrected chi connectivity index (χ3v) is 5.32. The average Bonchev–Trinajstić information content (AvgIpc) is 2.75. The van der Waals surface area contributed by atoms with E-state index in [1.807, 2.05) is 30.3 Å². The quantitative estimate of drug-likeness (QED) is 0.306. The van der Waals surface area contributed by atoms with E-state index in [-0.39, 0.29) is 15.2 Å². The Kier molecular flexibility index (Phi) is 5.92. The van der Waals surface area contributed by atoms with E-state index in [1.54, 1.807) is 24.3 Å². The average molecular weight is 497 g/mol. The van der Waals surface area contributed by atoms with E-state index >= 15 is 0 Å². The lowest BCUT2D eigenvalue weighted by molar-refractivity contribution is -0.122. The summed E-state index contributed by atoms with van der Waals surface area (Å²) in [7, 11) is 0. The Morgan fingerprint density at radius 3 is 2.32 bits per heavy atom. The first kappa shape index (κ1) is 20.9. The summed E-state index contributed by atoms with van der Waals surface area (Å²) in [6.45, 7) is 0. The van der Waals surface area contributed by atoms with Gasteiger partial charge in [-0.2, -0.15) is 0 Å². The summed E-state index contributed by atoms with van der Waals surface area (Å²) >= 11 is 8.31. The molecule has 1 fully saturated rings. The molecule has 0 radical (unpaired) electrons. The molecule has 4 rings (SSSR count). The van der Waals surface area contributed by atoms with Crippen LogP contribution in [0.5, 0.6) is 11.5 Å². The first-order valence-electron chi connectivity index (χ1n) is 9.12. The van der Waals surface area contributed by atoms with Crippen LogP contribution in [0.4, 0.5) is 10.1 Å². The number of amides is 2. The van der Waals surface area contributed by atoms with Crippen LogP contribution in [0.2, 0.25) is 0 Å². The molecule has 0 atom stereocenters.